The zero-order valence-electron chi connectivity index (χ0n) is 9.97. The number of carbonyl (C=O) groups excluding carboxylic acids is 1. The van der Waals surface area contributed by atoms with Crippen LogP contribution in [-0.4, -0.2) is 35.2 Å². The van der Waals surface area contributed by atoms with Crippen LogP contribution in [0.15, 0.2) is 24.3 Å². The quantitative estimate of drug-likeness (QED) is 0.829. The van der Waals surface area contributed by atoms with Crippen molar-refractivity contribution in [3.63, 3.8) is 0 Å². The van der Waals surface area contributed by atoms with Crippen molar-refractivity contribution in [3.8, 4) is 6.07 Å². The van der Waals surface area contributed by atoms with Gasteiger partial charge < -0.3 is 15.3 Å². The van der Waals surface area contributed by atoms with E-state index in [9.17, 15) is 4.79 Å². The van der Waals surface area contributed by atoms with Gasteiger partial charge in [-0.2, -0.15) is 5.26 Å². The van der Waals surface area contributed by atoms with E-state index in [0.29, 0.717) is 17.8 Å². The second-order valence-corrected chi connectivity index (χ2v) is 4.29. The van der Waals surface area contributed by atoms with Crippen molar-refractivity contribution in [1.82, 2.24) is 4.90 Å². The van der Waals surface area contributed by atoms with Crippen LogP contribution in [0.1, 0.15) is 18.4 Å². The molecule has 1 saturated heterocycles. The summed E-state index contributed by atoms with van der Waals surface area (Å²) in [5.41, 5.74) is 1.21. The Morgan fingerprint density at radius 2 is 2.22 bits per heavy atom. The van der Waals surface area contributed by atoms with Crippen molar-refractivity contribution in [3.05, 3.63) is 29.8 Å². The van der Waals surface area contributed by atoms with Crippen LogP contribution < -0.4 is 5.32 Å². The van der Waals surface area contributed by atoms with Gasteiger partial charge in [0.1, 0.15) is 0 Å². The maximum Gasteiger partial charge on any atom is 0.322 e. The number of rotatable bonds is 2. The number of hydrogen-bond acceptors (Lipinski definition) is 3. The van der Waals surface area contributed by atoms with Gasteiger partial charge in [-0.25, -0.2) is 4.79 Å². The van der Waals surface area contributed by atoms with Crippen LogP contribution in [0.4, 0.5) is 10.5 Å². The van der Waals surface area contributed by atoms with Crippen LogP contribution in [0, 0.1) is 11.3 Å². The zero-order chi connectivity index (χ0) is 13.0. The average Bonchev–Trinajstić information content (AvgIpc) is 2.88. The largest absolute Gasteiger partial charge is 0.394 e. The molecule has 0 bridgehead atoms. The van der Waals surface area contributed by atoms with Gasteiger partial charge in [-0.3, -0.25) is 0 Å². The third-order valence-corrected chi connectivity index (χ3v) is 3.11. The molecular weight excluding hydrogens is 230 g/mol. The van der Waals surface area contributed by atoms with Gasteiger partial charge in [0.2, 0.25) is 0 Å². The molecule has 5 heteroatoms. The second kappa shape index (κ2) is 5.52. The Balaban J connectivity index is 2.00. The molecule has 1 aliphatic rings. The number of nitrogens with one attached hydrogen (secondary N) is 1. The summed E-state index contributed by atoms with van der Waals surface area (Å²) in [5, 5.41) is 20.6. The molecule has 0 saturated carbocycles. The highest BCUT2D eigenvalue weighted by molar-refractivity contribution is 5.89. The minimum Gasteiger partial charge on any atom is -0.394 e. The average molecular weight is 245 g/mol. The highest BCUT2D eigenvalue weighted by Gasteiger charge is 2.27. The minimum absolute atomic E-state index is 0.000784. The molecule has 0 aliphatic carbocycles. The summed E-state index contributed by atoms with van der Waals surface area (Å²) >= 11 is 0. The number of urea groups is 1. The fourth-order valence-electron chi connectivity index (χ4n) is 2.12. The fraction of sp³-hybridized carbons (Fsp3) is 0.385. The van der Waals surface area contributed by atoms with Gasteiger partial charge in [-0.1, -0.05) is 0 Å². The van der Waals surface area contributed by atoms with Crippen LogP contribution in [0.25, 0.3) is 0 Å². The molecule has 5 nitrogen and oxygen atoms in total. The summed E-state index contributed by atoms with van der Waals surface area (Å²) < 4.78 is 0. The van der Waals surface area contributed by atoms with E-state index >= 15 is 0 Å². The van der Waals surface area contributed by atoms with E-state index in [0.717, 1.165) is 12.8 Å². The number of carbonyl (C=O) groups is 1. The molecule has 1 aromatic rings. The molecular formula is C13H15N3O2. The second-order valence-electron chi connectivity index (χ2n) is 4.29. The first-order valence-corrected chi connectivity index (χ1v) is 5.93. The molecule has 18 heavy (non-hydrogen) atoms. The Morgan fingerprint density at radius 3 is 2.83 bits per heavy atom. The molecule has 1 fully saturated rings. The van der Waals surface area contributed by atoms with Gasteiger partial charge in [0.15, 0.2) is 0 Å². The molecule has 94 valence electrons. The minimum atomic E-state index is -0.198. The number of anilines is 1. The smallest absolute Gasteiger partial charge is 0.322 e. The SMILES string of the molecule is N#Cc1ccc(NC(=O)N2CCCC2CO)cc1. The first kappa shape index (κ1) is 12.4. The van der Waals surface area contributed by atoms with Crippen molar-refractivity contribution < 1.29 is 9.90 Å². The molecule has 1 heterocycles. The van der Waals surface area contributed by atoms with E-state index in [1.165, 1.54) is 0 Å². The highest BCUT2D eigenvalue weighted by Crippen LogP contribution is 2.18. The van der Waals surface area contributed by atoms with Crippen LogP contribution in [0.5, 0.6) is 0 Å². The maximum atomic E-state index is 12.0. The van der Waals surface area contributed by atoms with Gasteiger partial charge in [0, 0.05) is 12.2 Å². The number of hydrogen-bond donors (Lipinski definition) is 2. The maximum absolute atomic E-state index is 12.0. The number of nitriles is 1. The van der Waals surface area contributed by atoms with Crippen LogP contribution in [0.2, 0.25) is 0 Å². The van der Waals surface area contributed by atoms with Crippen molar-refractivity contribution in [2.75, 3.05) is 18.5 Å². The van der Waals surface area contributed by atoms with Crippen molar-refractivity contribution in [1.29, 1.82) is 5.26 Å². The lowest BCUT2D eigenvalue weighted by Gasteiger charge is -2.23. The number of likely N-dealkylation sites (tertiary alicyclic amines) is 1. The Kier molecular flexibility index (Phi) is 3.80. The van der Waals surface area contributed by atoms with E-state index in [4.69, 9.17) is 10.4 Å². The van der Waals surface area contributed by atoms with Gasteiger partial charge >= 0.3 is 6.03 Å². The van der Waals surface area contributed by atoms with E-state index in [2.05, 4.69) is 5.32 Å². The van der Waals surface area contributed by atoms with Crippen LogP contribution in [0.3, 0.4) is 0 Å². The summed E-state index contributed by atoms with van der Waals surface area (Å²) in [6.45, 7) is 0.675. The highest BCUT2D eigenvalue weighted by atomic mass is 16.3. The molecule has 1 atom stereocenters. The standard InChI is InChI=1S/C13H15N3O2/c14-8-10-3-5-11(6-4-10)15-13(18)16-7-1-2-12(16)9-17/h3-6,12,17H,1-2,7,9H2,(H,15,18). The first-order chi connectivity index (χ1) is 8.74. The topological polar surface area (TPSA) is 76.4 Å². The molecule has 2 amide bonds. The molecule has 1 unspecified atom stereocenters. The zero-order valence-corrected chi connectivity index (χ0v) is 9.97. The summed E-state index contributed by atoms with van der Waals surface area (Å²) in [7, 11) is 0. The number of amides is 2. The van der Waals surface area contributed by atoms with Gasteiger partial charge in [-0.15, -0.1) is 0 Å². The summed E-state index contributed by atoms with van der Waals surface area (Å²) in [4.78, 5) is 13.6. The summed E-state index contributed by atoms with van der Waals surface area (Å²) in [6.07, 6.45) is 1.77. The lowest BCUT2D eigenvalue weighted by molar-refractivity contribution is 0.166. The van der Waals surface area contributed by atoms with Crippen LogP contribution >= 0.6 is 0 Å². The fourth-order valence-corrected chi connectivity index (χ4v) is 2.12. The molecule has 1 aliphatic heterocycles. The lowest BCUT2D eigenvalue weighted by Crippen LogP contribution is -2.40. The van der Waals surface area contributed by atoms with E-state index in [1.54, 1.807) is 29.2 Å². The van der Waals surface area contributed by atoms with Crippen molar-refractivity contribution >= 4 is 11.7 Å². The number of aliphatic hydroxyl groups is 1. The molecule has 2 rings (SSSR count). The Hall–Kier alpha value is -2.06. The Bertz CT molecular complexity index is 464. The van der Waals surface area contributed by atoms with E-state index < -0.39 is 0 Å². The van der Waals surface area contributed by atoms with Gasteiger partial charge in [0.25, 0.3) is 0 Å². The lowest BCUT2D eigenvalue weighted by atomic mass is 10.2. The number of nitrogens with zero attached hydrogens (tertiary/aromatic N) is 2. The molecule has 1 aromatic carbocycles. The monoisotopic (exact) mass is 245 g/mol. The van der Waals surface area contributed by atoms with Gasteiger partial charge in [-0.05, 0) is 37.1 Å². The molecule has 2 N–H and O–H groups in total. The molecule has 0 radical (unpaired) electrons. The van der Waals surface area contributed by atoms with Crippen molar-refractivity contribution in [2.24, 2.45) is 0 Å². The normalized spacial score (nSPS) is 18.4. The third kappa shape index (κ3) is 2.60. The Labute approximate surface area is 106 Å². The molecule has 0 spiro atoms. The summed E-state index contributed by atoms with van der Waals surface area (Å²) in [6, 6.07) is 8.45. The van der Waals surface area contributed by atoms with Crippen molar-refractivity contribution in [2.45, 2.75) is 18.9 Å². The number of aliphatic hydroxyl groups excluding tert-OH is 1. The Morgan fingerprint density at radius 1 is 1.50 bits per heavy atom. The van der Waals surface area contributed by atoms with Gasteiger partial charge in [0.05, 0.1) is 24.3 Å². The molecule has 0 aromatic heterocycles. The van der Waals surface area contributed by atoms with E-state index in [1.807, 2.05) is 6.07 Å². The third-order valence-electron chi connectivity index (χ3n) is 3.11. The number of benzene rings is 1. The van der Waals surface area contributed by atoms with E-state index in [-0.39, 0.29) is 18.7 Å². The van der Waals surface area contributed by atoms with Crippen LogP contribution in [-0.2, 0) is 0 Å². The predicted molar refractivity (Wildman–Crippen MR) is 67.0 cm³/mol. The summed E-state index contributed by atoms with van der Waals surface area (Å²) in [5.74, 6) is 0. The predicted octanol–water partition coefficient (Wildman–Crippen LogP) is 1.55. The first-order valence-electron chi connectivity index (χ1n) is 5.93.